The molecule has 3 aromatic rings. The van der Waals surface area contributed by atoms with Crippen LogP contribution in [0.15, 0.2) is 48.8 Å². The van der Waals surface area contributed by atoms with Gasteiger partial charge in [-0.05, 0) is 43.5 Å². The fraction of sp³-hybridized carbons (Fsp3) is 0.406. The summed E-state index contributed by atoms with van der Waals surface area (Å²) in [6, 6.07) is 11.0. The van der Waals surface area contributed by atoms with E-state index in [9.17, 15) is 14.0 Å². The lowest BCUT2D eigenvalue weighted by atomic mass is 9.94. The van der Waals surface area contributed by atoms with Crippen LogP contribution in [0.2, 0.25) is 5.02 Å². The van der Waals surface area contributed by atoms with Crippen LogP contribution in [-0.4, -0.2) is 83.4 Å². The van der Waals surface area contributed by atoms with Crippen molar-refractivity contribution < 1.29 is 18.7 Å². The number of likely N-dealkylation sites (tertiary alicyclic amines) is 1. The van der Waals surface area contributed by atoms with Crippen molar-refractivity contribution in [3.63, 3.8) is 0 Å². The van der Waals surface area contributed by atoms with Crippen LogP contribution in [0, 0.1) is 6.57 Å². The molecule has 12 heteroatoms. The average molecular weight is 618 g/mol. The molecule has 1 aromatic heterocycles. The third kappa shape index (κ3) is 5.73. The first-order chi connectivity index (χ1) is 21.2. The van der Waals surface area contributed by atoms with Crippen molar-refractivity contribution in [2.45, 2.75) is 44.1 Å². The number of amides is 2. The van der Waals surface area contributed by atoms with Crippen LogP contribution in [0.25, 0.3) is 15.6 Å². The first kappa shape index (κ1) is 29.9. The molecule has 0 aliphatic carbocycles. The van der Waals surface area contributed by atoms with Crippen molar-refractivity contribution in [2.75, 3.05) is 50.0 Å². The minimum atomic E-state index is -1.05. The minimum Gasteiger partial charge on any atom is -0.368 e. The first-order valence-corrected chi connectivity index (χ1v) is 15.1. The topological polar surface area (TPSA) is 95.3 Å². The lowest BCUT2D eigenvalue weighted by Gasteiger charge is -2.40. The molecule has 2 amide bonds. The summed E-state index contributed by atoms with van der Waals surface area (Å²) in [7, 11) is 1.93. The number of nitrogens with one attached hydrogen (secondary N) is 1. The van der Waals surface area contributed by atoms with E-state index >= 15 is 0 Å². The summed E-state index contributed by atoms with van der Waals surface area (Å²) in [5, 5.41) is 5.52. The largest absolute Gasteiger partial charge is 0.368 e. The number of hydrogen-bond acceptors (Lipinski definition) is 7. The number of halogens is 2. The standard InChI is InChI=1S/C32H33ClFN7O3/c1-19(34)31(43)41-14-13-40(17-21(41)16-35-2)29-23-18-44-27(22-9-4-7-20-8-5-10-24(33)28(20)22)15-25(23)36-32(37-29)38-30(42)26-11-6-12-39(26)3/h4-5,7-10,21,26-27H,1,6,11-18H2,3H3,(H,36,37,38,42)/t21-,26-,27?/m0/s1. The van der Waals surface area contributed by atoms with Crippen LogP contribution in [0.3, 0.4) is 0 Å². The van der Waals surface area contributed by atoms with Gasteiger partial charge < -0.3 is 19.4 Å². The summed E-state index contributed by atoms with van der Waals surface area (Å²) < 4.78 is 20.2. The molecule has 4 heterocycles. The third-order valence-electron chi connectivity index (χ3n) is 8.75. The van der Waals surface area contributed by atoms with Gasteiger partial charge in [-0.2, -0.15) is 4.98 Å². The number of nitrogens with zero attached hydrogens (tertiary/aromatic N) is 6. The summed E-state index contributed by atoms with van der Waals surface area (Å²) in [6.45, 7) is 12.4. The Hall–Kier alpha value is -4.11. The number of aromatic nitrogens is 2. The Balaban J connectivity index is 1.36. The molecule has 2 saturated heterocycles. The van der Waals surface area contributed by atoms with Crippen molar-refractivity contribution in [2.24, 2.45) is 0 Å². The Bertz CT molecular complexity index is 1670. The Kier molecular flexibility index (Phi) is 8.49. The summed E-state index contributed by atoms with van der Waals surface area (Å²) in [5.41, 5.74) is 2.47. The minimum absolute atomic E-state index is 0.000810. The number of ether oxygens (including phenoxy) is 1. The van der Waals surface area contributed by atoms with Crippen LogP contribution < -0.4 is 10.2 Å². The van der Waals surface area contributed by atoms with Crippen molar-refractivity contribution in [3.05, 3.63) is 82.1 Å². The second kappa shape index (κ2) is 12.5. The number of likely N-dealkylation sites (N-methyl/N-ethyl adjacent to an activating group) is 1. The zero-order valence-electron chi connectivity index (χ0n) is 24.4. The smallest absolute Gasteiger partial charge is 0.282 e. The van der Waals surface area contributed by atoms with Crippen molar-refractivity contribution in [3.8, 4) is 0 Å². The van der Waals surface area contributed by atoms with Gasteiger partial charge in [-0.15, -0.1) is 0 Å². The Morgan fingerprint density at radius 3 is 2.73 bits per heavy atom. The molecule has 0 spiro atoms. The summed E-state index contributed by atoms with van der Waals surface area (Å²) in [6.07, 6.45) is 1.78. The van der Waals surface area contributed by atoms with Crippen LogP contribution in [0.1, 0.15) is 35.8 Å². The van der Waals surface area contributed by atoms with Crippen LogP contribution in [-0.2, 0) is 27.4 Å². The molecular weight excluding hydrogens is 585 g/mol. The highest BCUT2D eigenvalue weighted by Gasteiger charge is 2.37. The molecule has 10 nitrogen and oxygen atoms in total. The second-order valence-corrected chi connectivity index (χ2v) is 11.9. The molecule has 3 aliphatic heterocycles. The molecule has 0 radical (unpaired) electrons. The van der Waals surface area contributed by atoms with E-state index in [1.807, 2.05) is 53.2 Å². The lowest BCUT2D eigenvalue weighted by molar-refractivity contribution is -0.131. The van der Waals surface area contributed by atoms with Gasteiger partial charge >= 0.3 is 0 Å². The number of anilines is 2. The van der Waals surface area contributed by atoms with E-state index in [0.29, 0.717) is 23.8 Å². The molecule has 3 atom stereocenters. The van der Waals surface area contributed by atoms with E-state index in [0.717, 1.165) is 47.0 Å². The number of rotatable bonds is 6. The molecular formula is C32H33ClFN7O3. The van der Waals surface area contributed by atoms with Crippen LogP contribution >= 0.6 is 11.6 Å². The highest BCUT2D eigenvalue weighted by atomic mass is 35.5. The molecule has 3 aliphatic rings. The van der Waals surface area contributed by atoms with Gasteiger partial charge in [0.1, 0.15) is 11.9 Å². The quantitative estimate of drug-likeness (QED) is 0.320. The van der Waals surface area contributed by atoms with Crippen molar-refractivity contribution >= 4 is 46.0 Å². The summed E-state index contributed by atoms with van der Waals surface area (Å²) >= 11 is 6.64. The molecule has 1 unspecified atom stereocenters. The van der Waals surface area contributed by atoms with Crippen molar-refractivity contribution in [1.82, 2.24) is 19.8 Å². The van der Waals surface area contributed by atoms with E-state index in [2.05, 4.69) is 16.7 Å². The number of carbonyl (C=O) groups excluding carboxylic acids is 2. The Labute approximate surface area is 260 Å². The monoisotopic (exact) mass is 617 g/mol. The van der Waals surface area contributed by atoms with Gasteiger partial charge in [-0.1, -0.05) is 48.5 Å². The SMILES string of the molecule is [C-]#[N+]C[C@H]1CN(c2nc(NC(=O)[C@@H]3CCCN3C)nc3c2COC(c2cccc4cccc(Cl)c24)C3)CCN1C(=O)C(=C)F. The molecule has 6 rings (SSSR count). The van der Waals surface area contributed by atoms with E-state index in [-0.39, 0.29) is 50.2 Å². The number of piperazine rings is 1. The molecule has 0 saturated carbocycles. The Morgan fingerprint density at radius 1 is 1.20 bits per heavy atom. The molecule has 0 bridgehead atoms. The van der Waals surface area contributed by atoms with E-state index in [1.165, 1.54) is 4.90 Å². The normalized spacial score (nSPS) is 22.0. The van der Waals surface area contributed by atoms with Gasteiger partial charge in [0.15, 0.2) is 5.83 Å². The average Bonchev–Trinajstić information content (AvgIpc) is 3.46. The summed E-state index contributed by atoms with van der Waals surface area (Å²) in [4.78, 5) is 44.2. The zero-order chi connectivity index (χ0) is 31.0. The number of hydrogen-bond donors (Lipinski definition) is 1. The van der Waals surface area contributed by atoms with Gasteiger partial charge in [-0.3, -0.25) is 19.8 Å². The Morgan fingerprint density at radius 2 is 2.00 bits per heavy atom. The summed E-state index contributed by atoms with van der Waals surface area (Å²) in [5.74, 6) is -1.26. The first-order valence-electron chi connectivity index (χ1n) is 14.7. The van der Waals surface area contributed by atoms with E-state index < -0.39 is 17.8 Å². The maximum absolute atomic E-state index is 13.8. The predicted octanol–water partition coefficient (Wildman–Crippen LogP) is 4.55. The van der Waals surface area contributed by atoms with Crippen LogP contribution in [0.4, 0.5) is 16.2 Å². The fourth-order valence-corrected chi connectivity index (χ4v) is 6.82. The van der Waals surface area contributed by atoms with Gasteiger partial charge in [0, 0.05) is 42.0 Å². The maximum atomic E-state index is 13.8. The van der Waals surface area contributed by atoms with Crippen molar-refractivity contribution in [1.29, 1.82) is 0 Å². The maximum Gasteiger partial charge on any atom is 0.282 e. The van der Waals surface area contributed by atoms with E-state index in [1.54, 1.807) is 0 Å². The third-order valence-corrected chi connectivity index (χ3v) is 9.06. The fourth-order valence-electron chi connectivity index (χ4n) is 6.53. The molecule has 44 heavy (non-hydrogen) atoms. The molecule has 1 N–H and O–H groups in total. The zero-order valence-corrected chi connectivity index (χ0v) is 25.2. The number of carbonyl (C=O) groups is 2. The number of fused-ring (bicyclic) bond motifs is 2. The molecule has 228 valence electrons. The van der Waals surface area contributed by atoms with Crippen LogP contribution in [0.5, 0.6) is 0 Å². The lowest BCUT2D eigenvalue weighted by Crippen LogP contribution is -2.57. The van der Waals surface area contributed by atoms with Gasteiger partial charge in [0.25, 0.3) is 5.91 Å². The highest BCUT2D eigenvalue weighted by molar-refractivity contribution is 6.35. The van der Waals surface area contributed by atoms with E-state index in [4.69, 9.17) is 32.9 Å². The predicted molar refractivity (Wildman–Crippen MR) is 166 cm³/mol. The molecule has 2 fully saturated rings. The van der Waals surface area contributed by atoms with Gasteiger partial charge in [0.2, 0.25) is 18.4 Å². The highest BCUT2D eigenvalue weighted by Crippen LogP contribution is 2.39. The molecule has 2 aromatic carbocycles. The number of benzene rings is 2. The second-order valence-electron chi connectivity index (χ2n) is 11.5. The van der Waals surface area contributed by atoms with Gasteiger partial charge in [-0.25, -0.2) is 15.9 Å². The van der Waals surface area contributed by atoms with Gasteiger partial charge in [0.05, 0.1) is 24.4 Å².